The standard InChI is InChI=1S/C13H20FNO/c1-2-11(6-7-16)9-15-10-12-4-3-5-13(14)8-12/h3-5,8,11,15-16H,2,6-7,9-10H2,1H3. The van der Waals surface area contributed by atoms with E-state index in [0.717, 1.165) is 24.9 Å². The highest BCUT2D eigenvalue weighted by molar-refractivity contribution is 5.15. The van der Waals surface area contributed by atoms with Crippen LogP contribution in [0.15, 0.2) is 24.3 Å². The van der Waals surface area contributed by atoms with Gasteiger partial charge in [0.15, 0.2) is 0 Å². The molecule has 1 rings (SSSR count). The van der Waals surface area contributed by atoms with Gasteiger partial charge in [0.2, 0.25) is 0 Å². The van der Waals surface area contributed by atoms with Crippen molar-refractivity contribution in [2.75, 3.05) is 13.2 Å². The predicted molar refractivity (Wildman–Crippen MR) is 63.6 cm³/mol. The van der Waals surface area contributed by atoms with Gasteiger partial charge >= 0.3 is 0 Å². The first-order chi connectivity index (χ1) is 7.76. The van der Waals surface area contributed by atoms with Gasteiger partial charge in [-0.1, -0.05) is 25.5 Å². The van der Waals surface area contributed by atoms with Crippen LogP contribution in [0.25, 0.3) is 0 Å². The minimum absolute atomic E-state index is 0.193. The van der Waals surface area contributed by atoms with Crippen LogP contribution in [0.3, 0.4) is 0 Å². The minimum Gasteiger partial charge on any atom is -0.396 e. The van der Waals surface area contributed by atoms with Crippen molar-refractivity contribution in [1.29, 1.82) is 0 Å². The molecule has 0 aliphatic rings. The maximum Gasteiger partial charge on any atom is 0.123 e. The van der Waals surface area contributed by atoms with Crippen LogP contribution in [0, 0.1) is 11.7 Å². The summed E-state index contributed by atoms with van der Waals surface area (Å²) >= 11 is 0. The first-order valence-electron chi connectivity index (χ1n) is 5.82. The molecule has 90 valence electrons. The lowest BCUT2D eigenvalue weighted by molar-refractivity contribution is 0.251. The predicted octanol–water partition coefficient (Wildman–Crippen LogP) is 2.32. The summed E-state index contributed by atoms with van der Waals surface area (Å²) in [5.74, 6) is 0.306. The zero-order valence-corrected chi connectivity index (χ0v) is 9.75. The topological polar surface area (TPSA) is 32.3 Å². The molecule has 0 bridgehead atoms. The molecule has 0 aromatic heterocycles. The van der Waals surface area contributed by atoms with Crippen LogP contribution in [-0.4, -0.2) is 18.3 Å². The Morgan fingerprint density at radius 3 is 2.88 bits per heavy atom. The molecule has 16 heavy (non-hydrogen) atoms. The summed E-state index contributed by atoms with van der Waals surface area (Å²) in [7, 11) is 0. The van der Waals surface area contributed by atoms with Crippen LogP contribution < -0.4 is 5.32 Å². The maximum absolute atomic E-state index is 12.9. The van der Waals surface area contributed by atoms with E-state index in [2.05, 4.69) is 12.2 Å². The Morgan fingerprint density at radius 1 is 1.44 bits per heavy atom. The van der Waals surface area contributed by atoms with Crippen LogP contribution in [0.4, 0.5) is 4.39 Å². The van der Waals surface area contributed by atoms with Crippen molar-refractivity contribution in [2.45, 2.75) is 26.3 Å². The zero-order valence-electron chi connectivity index (χ0n) is 9.75. The Morgan fingerprint density at radius 2 is 2.25 bits per heavy atom. The summed E-state index contributed by atoms with van der Waals surface area (Å²) in [6, 6.07) is 6.62. The molecule has 0 spiro atoms. The van der Waals surface area contributed by atoms with E-state index in [9.17, 15) is 4.39 Å². The number of aliphatic hydroxyl groups is 1. The fraction of sp³-hybridized carbons (Fsp3) is 0.538. The third-order valence-corrected chi connectivity index (χ3v) is 2.77. The lowest BCUT2D eigenvalue weighted by atomic mass is 10.0. The second-order valence-corrected chi connectivity index (χ2v) is 4.05. The molecule has 0 amide bonds. The summed E-state index contributed by atoms with van der Waals surface area (Å²) < 4.78 is 12.9. The number of nitrogens with one attached hydrogen (secondary N) is 1. The van der Waals surface area contributed by atoms with E-state index in [1.54, 1.807) is 12.1 Å². The van der Waals surface area contributed by atoms with Crippen LogP contribution in [0.5, 0.6) is 0 Å². The number of benzene rings is 1. The molecule has 0 aliphatic carbocycles. The van der Waals surface area contributed by atoms with Gasteiger partial charge in [-0.25, -0.2) is 4.39 Å². The van der Waals surface area contributed by atoms with Crippen molar-refractivity contribution in [3.8, 4) is 0 Å². The van der Waals surface area contributed by atoms with Gasteiger partial charge < -0.3 is 10.4 Å². The number of halogens is 1. The first-order valence-corrected chi connectivity index (χ1v) is 5.82. The third kappa shape index (κ3) is 4.73. The highest BCUT2D eigenvalue weighted by Crippen LogP contribution is 2.07. The van der Waals surface area contributed by atoms with E-state index >= 15 is 0 Å². The van der Waals surface area contributed by atoms with Crippen molar-refractivity contribution >= 4 is 0 Å². The Kier molecular flexibility index (Phi) is 6.04. The van der Waals surface area contributed by atoms with Gasteiger partial charge in [-0.05, 0) is 36.6 Å². The summed E-state index contributed by atoms with van der Waals surface area (Å²) in [5.41, 5.74) is 0.957. The smallest absolute Gasteiger partial charge is 0.123 e. The quantitative estimate of drug-likeness (QED) is 0.746. The normalized spacial score (nSPS) is 12.7. The number of aliphatic hydroxyl groups excluding tert-OH is 1. The fourth-order valence-corrected chi connectivity index (χ4v) is 1.70. The van der Waals surface area contributed by atoms with Gasteiger partial charge in [-0.15, -0.1) is 0 Å². The van der Waals surface area contributed by atoms with Gasteiger partial charge in [-0.3, -0.25) is 0 Å². The average molecular weight is 225 g/mol. The maximum atomic E-state index is 12.9. The van der Waals surface area contributed by atoms with Gasteiger partial charge in [0, 0.05) is 13.2 Å². The molecule has 0 fully saturated rings. The van der Waals surface area contributed by atoms with E-state index in [1.807, 2.05) is 6.07 Å². The van der Waals surface area contributed by atoms with Crippen molar-refractivity contribution in [3.05, 3.63) is 35.6 Å². The highest BCUT2D eigenvalue weighted by atomic mass is 19.1. The molecule has 0 saturated carbocycles. The third-order valence-electron chi connectivity index (χ3n) is 2.77. The van der Waals surface area contributed by atoms with E-state index < -0.39 is 0 Å². The monoisotopic (exact) mass is 225 g/mol. The molecule has 2 nitrogen and oxygen atoms in total. The molecule has 2 N–H and O–H groups in total. The Labute approximate surface area is 96.5 Å². The van der Waals surface area contributed by atoms with Crippen molar-refractivity contribution in [1.82, 2.24) is 5.32 Å². The first kappa shape index (κ1) is 13.1. The van der Waals surface area contributed by atoms with Crippen molar-refractivity contribution in [2.24, 2.45) is 5.92 Å². The van der Waals surface area contributed by atoms with E-state index in [-0.39, 0.29) is 12.4 Å². The summed E-state index contributed by atoms with van der Waals surface area (Å²) in [4.78, 5) is 0. The summed E-state index contributed by atoms with van der Waals surface area (Å²) in [6.45, 7) is 3.90. The zero-order chi connectivity index (χ0) is 11.8. The second-order valence-electron chi connectivity index (χ2n) is 4.05. The number of hydrogen-bond donors (Lipinski definition) is 2. The molecular formula is C13H20FNO. The molecule has 1 atom stereocenters. The van der Waals surface area contributed by atoms with Crippen LogP contribution in [0.1, 0.15) is 25.3 Å². The van der Waals surface area contributed by atoms with Gasteiger partial charge in [0.25, 0.3) is 0 Å². The van der Waals surface area contributed by atoms with E-state index in [0.29, 0.717) is 12.5 Å². The fourth-order valence-electron chi connectivity index (χ4n) is 1.70. The molecule has 1 unspecified atom stereocenters. The lowest BCUT2D eigenvalue weighted by Crippen LogP contribution is -2.22. The van der Waals surface area contributed by atoms with Crippen LogP contribution in [0.2, 0.25) is 0 Å². The molecule has 0 radical (unpaired) electrons. The molecule has 1 aromatic rings. The van der Waals surface area contributed by atoms with Gasteiger partial charge in [-0.2, -0.15) is 0 Å². The van der Waals surface area contributed by atoms with Gasteiger partial charge in [0.1, 0.15) is 5.82 Å². The minimum atomic E-state index is -0.193. The highest BCUT2D eigenvalue weighted by Gasteiger charge is 2.04. The molecule has 0 aliphatic heterocycles. The Balaban J connectivity index is 2.29. The Hall–Kier alpha value is -0.930. The largest absolute Gasteiger partial charge is 0.396 e. The summed E-state index contributed by atoms with van der Waals surface area (Å²) in [6.07, 6.45) is 1.88. The molecule has 3 heteroatoms. The SMILES string of the molecule is CCC(CCO)CNCc1cccc(F)c1. The number of rotatable bonds is 7. The van der Waals surface area contributed by atoms with Gasteiger partial charge in [0.05, 0.1) is 0 Å². The van der Waals surface area contributed by atoms with Crippen LogP contribution in [-0.2, 0) is 6.54 Å². The van der Waals surface area contributed by atoms with Crippen LogP contribution >= 0.6 is 0 Å². The molecule has 1 aromatic carbocycles. The lowest BCUT2D eigenvalue weighted by Gasteiger charge is -2.14. The number of hydrogen-bond acceptors (Lipinski definition) is 2. The molecular weight excluding hydrogens is 205 g/mol. The van der Waals surface area contributed by atoms with Crippen molar-refractivity contribution in [3.63, 3.8) is 0 Å². The molecule has 0 saturated heterocycles. The van der Waals surface area contributed by atoms with E-state index in [1.165, 1.54) is 6.07 Å². The second kappa shape index (κ2) is 7.36. The Bertz CT molecular complexity index is 304. The van der Waals surface area contributed by atoms with E-state index in [4.69, 9.17) is 5.11 Å². The summed E-state index contributed by atoms with van der Waals surface area (Å²) in [5, 5.41) is 12.1. The van der Waals surface area contributed by atoms with Crippen molar-refractivity contribution < 1.29 is 9.50 Å². The molecule has 0 heterocycles. The average Bonchev–Trinajstić information content (AvgIpc) is 2.28.